The number of hydrogen-bond acceptors (Lipinski definition) is 5. The fourth-order valence-electron chi connectivity index (χ4n) is 5.89. The molecule has 1 fully saturated rings. The van der Waals surface area contributed by atoms with Gasteiger partial charge in [0.1, 0.15) is 5.75 Å². The molecule has 3 aromatic carbocycles. The lowest BCUT2D eigenvalue weighted by Crippen LogP contribution is -2.43. The quantitative estimate of drug-likeness (QED) is 0.246. The number of ether oxygens (including phenoxy) is 3. The zero-order valence-electron chi connectivity index (χ0n) is 25.4. The molecule has 2 aliphatic heterocycles. The Morgan fingerprint density at radius 3 is 2.61 bits per heavy atom. The van der Waals surface area contributed by atoms with Crippen LogP contribution in [0.2, 0.25) is 0 Å². The van der Waals surface area contributed by atoms with E-state index in [0.717, 1.165) is 68.1 Å². The molecule has 2 atom stereocenters. The van der Waals surface area contributed by atoms with Gasteiger partial charge in [0.25, 0.3) is 0 Å². The zero-order chi connectivity index (χ0) is 29.2. The molecule has 0 aromatic heterocycles. The van der Waals surface area contributed by atoms with Crippen molar-refractivity contribution in [2.75, 3.05) is 38.4 Å². The Morgan fingerprint density at radius 2 is 1.83 bits per heavy atom. The van der Waals surface area contributed by atoms with Crippen molar-refractivity contribution in [3.63, 3.8) is 0 Å². The van der Waals surface area contributed by atoms with Crippen LogP contribution in [0.5, 0.6) is 17.2 Å². The summed E-state index contributed by atoms with van der Waals surface area (Å²) in [4.78, 5) is 18.3. The van der Waals surface area contributed by atoms with E-state index in [2.05, 4.69) is 61.2 Å². The van der Waals surface area contributed by atoms with Crippen molar-refractivity contribution < 1.29 is 19.0 Å². The van der Waals surface area contributed by atoms with Gasteiger partial charge in [0, 0.05) is 24.8 Å². The summed E-state index contributed by atoms with van der Waals surface area (Å²) < 4.78 is 16.8. The molecule has 0 spiro atoms. The molecule has 5 rings (SSSR count). The minimum absolute atomic E-state index is 0.169. The Hall–Kier alpha value is -3.51. The van der Waals surface area contributed by atoms with Gasteiger partial charge in [0.15, 0.2) is 11.5 Å². The van der Waals surface area contributed by atoms with Gasteiger partial charge in [-0.3, -0.25) is 9.69 Å². The number of methoxy groups -OCH3 is 1. The van der Waals surface area contributed by atoms with Gasteiger partial charge in [-0.15, -0.1) is 0 Å². The van der Waals surface area contributed by atoms with E-state index in [1.807, 2.05) is 43.0 Å². The number of hydrogen-bond donors (Lipinski definition) is 0. The molecule has 2 heterocycles. The monoisotopic (exact) mass is 558 g/mol. The first-order valence-electron chi connectivity index (χ1n) is 15.2. The van der Waals surface area contributed by atoms with Crippen molar-refractivity contribution in [1.82, 2.24) is 4.90 Å². The highest BCUT2D eigenvalue weighted by Crippen LogP contribution is 2.39. The highest BCUT2D eigenvalue weighted by atomic mass is 16.7. The highest BCUT2D eigenvalue weighted by Gasteiger charge is 2.35. The van der Waals surface area contributed by atoms with Crippen molar-refractivity contribution in [1.29, 1.82) is 0 Å². The number of fused-ring (bicyclic) bond motifs is 1. The number of carbonyl (C=O) groups excluding carboxylic acids is 1. The first-order chi connectivity index (χ1) is 20.1. The number of nitrogens with zero attached hydrogens (tertiary/aromatic N) is 2. The molecule has 2 aliphatic rings. The van der Waals surface area contributed by atoms with Crippen LogP contribution in [0.25, 0.3) is 0 Å². The lowest BCUT2D eigenvalue weighted by atomic mass is 9.94. The largest absolute Gasteiger partial charge is 0.496 e. The van der Waals surface area contributed by atoms with Crippen LogP contribution >= 0.6 is 0 Å². The summed E-state index contributed by atoms with van der Waals surface area (Å²) in [5.74, 6) is 3.05. The van der Waals surface area contributed by atoms with Gasteiger partial charge < -0.3 is 19.1 Å². The standard InChI is InChI=1S/C33H40N2O4.C2H6/c1-4-5-17-35(29-11-8-9-24(2)18-29)33(36)22-34-21-27(26-14-16-31-32(20-26)39-23-38-31)19-28(34)15-13-25-10-6-7-12-30(25)37-3;1-2/h6-12,14,16,18,20,27-28H,4-5,13,15,17,19,21-23H2,1-3H3;1-2H3. The fraction of sp³-hybridized carbons (Fsp3) is 0.457. The third-order valence-electron chi connectivity index (χ3n) is 8.02. The molecule has 0 saturated carbocycles. The van der Waals surface area contributed by atoms with Crippen molar-refractivity contribution in [3.05, 3.63) is 83.4 Å². The zero-order valence-corrected chi connectivity index (χ0v) is 25.4. The third-order valence-corrected chi connectivity index (χ3v) is 8.02. The van der Waals surface area contributed by atoms with E-state index in [4.69, 9.17) is 14.2 Å². The van der Waals surface area contributed by atoms with Crippen LogP contribution in [0.1, 0.15) is 69.1 Å². The molecule has 6 nitrogen and oxygen atoms in total. The molecule has 2 unspecified atom stereocenters. The lowest BCUT2D eigenvalue weighted by molar-refractivity contribution is -0.120. The predicted octanol–water partition coefficient (Wildman–Crippen LogP) is 7.38. The summed E-state index contributed by atoms with van der Waals surface area (Å²) in [5.41, 5.74) is 4.62. The number of amides is 1. The molecule has 1 amide bonds. The minimum Gasteiger partial charge on any atom is -0.496 e. The number of benzene rings is 3. The molecule has 0 bridgehead atoms. The van der Waals surface area contributed by atoms with E-state index in [-0.39, 0.29) is 12.7 Å². The Kier molecular flexibility index (Phi) is 11.1. The molecular formula is C35H46N2O4. The Balaban J connectivity index is 0.00000189. The average molecular weight is 559 g/mol. The van der Waals surface area contributed by atoms with E-state index in [0.29, 0.717) is 18.5 Å². The van der Waals surface area contributed by atoms with Gasteiger partial charge in [-0.1, -0.05) is 63.6 Å². The number of carbonyl (C=O) groups is 1. The van der Waals surface area contributed by atoms with Crippen LogP contribution in [0.4, 0.5) is 5.69 Å². The van der Waals surface area contributed by atoms with Crippen LogP contribution in [0.3, 0.4) is 0 Å². The van der Waals surface area contributed by atoms with E-state index in [1.165, 1.54) is 16.7 Å². The lowest BCUT2D eigenvalue weighted by Gasteiger charge is -2.29. The molecule has 1 saturated heterocycles. The van der Waals surface area contributed by atoms with Crippen LogP contribution in [0, 0.1) is 6.92 Å². The van der Waals surface area contributed by atoms with Gasteiger partial charge >= 0.3 is 0 Å². The van der Waals surface area contributed by atoms with E-state index < -0.39 is 0 Å². The molecule has 0 radical (unpaired) electrons. The van der Waals surface area contributed by atoms with Gasteiger partial charge in [-0.2, -0.15) is 0 Å². The summed E-state index contributed by atoms with van der Waals surface area (Å²) in [6.07, 6.45) is 4.91. The first-order valence-corrected chi connectivity index (χ1v) is 15.2. The fourth-order valence-corrected chi connectivity index (χ4v) is 5.89. The van der Waals surface area contributed by atoms with Crippen molar-refractivity contribution in [2.45, 2.75) is 71.8 Å². The normalized spacial score (nSPS) is 17.6. The van der Waals surface area contributed by atoms with Crippen LogP contribution in [0.15, 0.2) is 66.7 Å². The second-order valence-electron chi connectivity index (χ2n) is 10.7. The smallest absolute Gasteiger partial charge is 0.241 e. The number of aryl methyl sites for hydroxylation is 2. The SMILES string of the molecule is CC.CCCCN(C(=O)CN1CC(c2ccc3c(c2)OCO3)CC1CCc1ccccc1OC)c1cccc(C)c1. The molecular weight excluding hydrogens is 512 g/mol. The van der Waals surface area contributed by atoms with Crippen LogP contribution in [-0.4, -0.2) is 50.4 Å². The average Bonchev–Trinajstić information content (AvgIpc) is 3.64. The number of likely N-dealkylation sites (tertiary alicyclic amines) is 1. The van der Waals surface area contributed by atoms with Gasteiger partial charge in [0.05, 0.1) is 13.7 Å². The maximum absolute atomic E-state index is 13.9. The second-order valence-corrected chi connectivity index (χ2v) is 10.7. The van der Waals surface area contributed by atoms with Crippen LogP contribution in [-0.2, 0) is 11.2 Å². The maximum atomic E-state index is 13.9. The number of anilines is 1. The van der Waals surface area contributed by atoms with Gasteiger partial charge in [-0.05, 0) is 85.5 Å². The number of para-hydroxylation sites is 1. The Morgan fingerprint density at radius 1 is 1.02 bits per heavy atom. The predicted molar refractivity (Wildman–Crippen MR) is 166 cm³/mol. The van der Waals surface area contributed by atoms with Crippen LogP contribution < -0.4 is 19.1 Å². The minimum atomic E-state index is 0.169. The second kappa shape index (κ2) is 14.9. The molecule has 6 heteroatoms. The summed E-state index contributed by atoms with van der Waals surface area (Å²) in [7, 11) is 1.73. The highest BCUT2D eigenvalue weighted by molar-refractivity contribution is 5.95. The van der Waals surface area contributed by atoms with Crippen molar-refractivity contribution >= 4 is 11.6 Å². The van der Waals surface area contributed by atoms with Crippen molar-refractivity contribution in [2.24, 2.45) is 0 Å². The van der Waals surface area contributed by atoms with E-state index in [9.17, 15) is 4.79 Å². The number of unbranched alkanes of at least 4 members (excludes halogenated alkanes) is 1. The Labute approximate surface area is 246 Å². The molecule has 0 N–H and O–H groups in total. The summed E-state index contributed by atoms with van der Waals surface area (Å²) in [6.45, 7) is 10.5. The van der Waals surface area contributed by atoms with E-state index >= 15 is 0 Å². The first kappa shape index (κ1) is 30.4. The molecule has 3 aromatic rings. The summed E-state index contributed by atoms with van der Waals surface area (Å²) >= 11 is 0. The van der Waals surface area contributed by atoms with Gasteiger partial charge in [-0.25, -0.2) is 0 Å². The Bertz CT molecular complexity index is 1280. The summed E-state index contributed by atoms with van der Waals surface area (Å²) in [6, 6.07) is 23.1. The molecule has 41 heavy (non-hydrogen) atoms. The molecule has 220 valence electrons. The maximum Gasteiger partial charge on any atom is 0.241 e. The summed E-state index contributed by atoms with van der Waals surface area (Å²) in [5, 5.41) is 0. The number of rotatable bonds is 11. The molecule has 0 aliphatic carbocycles. The van der Waals surface area contributed by atoms with E-state index in [1.54, 1.807) is 7.11 Å². The third kappa shape index (κ3) is 7.62. The topological polar surface area (TPSA) is 51.2 Å². The van der Waals surface area contributed by atoms with Gasteiger partial charge in [0.2, 0.25) is 12.7 Å². The van der Waals surface area contributed by atoms with Crippen molar-refractivity contribution in [3.8, 4) is 17.2 Å².